The third-order valence-electron chi connectivity index (χ3n) is 3.74. The summed E-state index contributed by atoms with van der Waals surface area (Å²) in [7, 11) is 0. The van der Waals surface area contributed by atoms with Crippen LogP contribution in [0.15, 0.2) is 18.2 Å². The molecule has 1 aliphatic rings. The second-order valence-electron chi connectivity index (χ2n) is 5.28. The summed E-state index contributed by atoms with van der Waals surface area (Å²) >= 11 is 0. The summed E-state index contributed by atoms with van der Waals surface area (Å²) in [6.07, 6.45) is 0.222. The number of benzene rings is 1. The van der Waals surface area contributed by atoms with Gasteiger partial charge in [-0.15, -0.1) is 0 Å². The van der Waals surface area contributed by atoms with Crippen LogP contribution in [0.1, 0.15) is 29.3 Å². The van der Waals surface area contributed by atoms with Gasteiger partial charge in [0.05, 0.1) is 18.2 Å². The number of halogens is 1. The van der Waals surface area contributed by atoms with Crippen molar-refractivity contribution in [2.24, 2.45) is 11.7 Å². The summed E-state index contributed by atoms with van der Waals surface area (Å²) in [6.45, 7) is 2.98. The van der Waals surface area contributed by atoms with E-state index in [0.29, 0.717) is 24.2 Å². The maximum Gasteiger partial charge on any atom is 0.255 e. The van der Waals surface area contributed by atoms with E-state index < -0.39 is 11.9 Å². The standard InChI is InChI=1S/C16H19FN2O2/c1-11-6-8-19(10-15(11)20)16(21)14-5-4-13(17)9-12(14)3-2-7-18/h4-5,9,11,15,20H,6-8,10,18H2,1H3. The Morgan fingerprint density at radius 3 is 3.00 bits per heavy atom. The van der Waals surface area contributed by atoms with Crippen LogP contribution in [0.25, 0.3) is 0 Å². The Hall–Kier alpha value is -1.90. The van der Waals surface area contributed by atoms with Crippen molar-refractivity contribution in [3.05, 3.63) is 35.1 Å². The van der Waals surface area contributed by atoms with Crippen molar-refractivity contribution in [2.45, 2.75) is 19.4 Å². The van der Waals surface area contributed by atoms with Gasteiger partial charge in [-0.1, -0.05) is 18.8 Å². The van der Waals surface area contributed by atoms with Gasteiger partial charge in [0.1, 0.15) is 5.82 Å². The highest BCUT2D eigenvalue weighted by molar-refractivity contribution is 5.96. The molecule has 0 aliphatic carbocycles. The average molecular weight is 290 g/mol. The summed E-state index contributed by atoms with van der Waals surface area (Å²) in [4.78, 5) is 14.1. The van der Waals surface area contributed by atoms with Crippen molar-refractivity contribution >= 4 is 5.91 Å². The average Bonchev–Trinajstić information content (AvgIpc) is 2.47. The zero-order valence-electron chi connectivity index (χ0n) is 12.0. The minimum Gasteiger partial charge on any atom is -0.391 e. The second-order valence-corrected chi connectivity index (χ2v) is 5.28. The highest BCUT2D eigenvalue weighted by Gasteiger charge is 2.28. The molecule has 21 heavy (non-hydrogen) atoms. The van der Waals surface area contributed by atoms with Crippen LogP contribution in [-0.2, 0) is 0 Å². The lowest BCUT2D eigenvalue weighted by molar-refractivity contribution is 0.0248. The largest absolute Gasteiger partial charge is 0.391 e. The van der Waals surface area contributed by atoms with Crippen LogP contribution in [-0.4, -0.2) is 41.7 Å². The molecule has 3 N–H and O–H groups in total. The van der Waals surface area contributed by atoms with Gasteiger partial charge in [0.2, 0.25) is 0 Å². The minimum absolute atomic E-state index is 0.143. The van der Waals surface area contributed by atoms with Gasteiger partial charge < -0.3 is 15.7 Å². The molecule has 2 unspecified atom stereocenters. The number of β-amino-alcohol motifs (C(OH)–C–C–N with tert-alkyl or cyclic N) is 1. The van der Waals surface area contributed by atoms with Gasteiger partial charge in [0.25, 0.3) is 5.91 Å². The Bertz CT molecular complexity index is 592. The number of rotatable bonds is 1. The number of amides is 1. The molecule has 2 rings (SSSR count). The molecule has 4 nitrogen and oxygen atoms in total. The zero-order chi connectivity index (χ0) is 15.4. The molecule has 1 aliphatic heterocycles. The Kier molecular flexibility index (Phi) is 4.94. The first kappa shape index (κ1) is 15.5. The molecule has 1 saturated heterocycles. The predicted octanol–water partition coefficient (Wildman–Crippen LogP) is 0.979. The number of carbonyl (C=O) groups is 1. The van der Waals surface area contributed by atoms with Crippen LogP contribution in [0.4, 0.5) is 4.39 Å². The van der Waals surface area contributed by atoms with E-state index in [-0.39, 0.29) is 18.4 Å². The van der Waals surface area contributed by atoms with Crippen molar-refractivity contribution in [3.8, 4) is 11.8 Å². The van der Waals surface area contributed by atoms with E-state index in [4.69, 9.17) is 5.73 Å². The molecule has 0 spiro atoms. The van der Waals surface area contributed by atoms with Crippen molar-refractivity contribution in [1.29, 1.82) is 0 Å². The first-order valence-corrected chi connectivity index (χ1v) is 6.98. The quantitative estimate of drug-likeness (QED) is 0.758. The molecule has 0 aromatic heterocycles. The molecule has 1 amide bonds. The van der Waals surface area contributed by atoms with Crippen molar-refractivity contribution in [2.75, 3.05) is 19.6 Å². The van der Waals surface area contributed by atoms with Crippen molar-refractivity contribution in [1.82, 2.24) is 4.90 Å². The van der Waals surface area contributed by atoms with Gasteiger partial charge >= 0.3 is 0 Å². The lowest BCUT2D eigenvalue weighted by Crippen LogP contribution is -2.46. The highest BCUT2D eigenvalue weighted by Crippen LogP contribution is 2.20. The fourth-order valence-corrected chi connectivity index (χ4v) is 2.36. The van der Waals surface area contributed by atoms with E-state index in [2.05, 4.69) is 11.8 Å². The van der Waals surface area contributed by atoms with Crippen LogP contribution in [0.5, 0.6) is 0 Å². The lowest BCUT2D eigenvalue weighted by Gasteiger charge is -2.34. The van der Waals surface area contributed by atoms with Gasteiger partial charge in [-0.3, -0.25) is 4.79 Å². The van der Waals surface area contributed by atoms with Crippen LogP contribution >= 0.6 is 0 Å². The molecule has 2 atom stereocenters. The first-order chi connectivity index (χ1) is 10.0. The number of aliphatic hydroxyl groups is 1. The summed E-state index contributed by atoms with van der Waals surface area (Å²) in [6, 6.07) is 3.91. The molecule has 0 bridgehead atoms. The topological polar surface area (TPSA) is 66.6 Å². The van der Waals surface area contributed by atoms with E-state index in [1.54, 1.807) is 4.90 Å². The lowest BCUT2D eigenvalue weighted by atomic mass is 9.95. The molecule has 1 aromatic carbocycles. The SMILES string of the molecule is CC1CCN(C(=O)c2ccc(F)cc2C#CCN)CC1O. The second kappa shape index (κ2) is 6.70. The normalized spacial score (nSPS) is 21.6. The zero-order valence-corrected chi connectivity index (χ0v) is 12.0. The number of nitrogens with two attached hydrogens (primary N) is 1. The number of carbonyl (C=O) groups excluding carboxylic acids is 1. The molecule has 112 valence electrons. The summed E-state index contributed by atoms with van der Waals surface area (Å²) in [5, 5.41) is 9.90. The van der Waals surface area contributed by atoms with E-state index in [9.17, 15) is 14.3 Å². The minimum atomic E-state index is -0.526. The maximum atomic E-state index is 13.3. The molecule has 1 heterocycles. The van der Waals surface area contributed by atoms with Gasteiger partial charge in [0.15, 0.2) is 0 Å². The van der Waals surface area contributed by atoms with Crippen LogP contribution in [0.3, 0.4) is 0 Å². The Labute approximate surface area is 123 Å². The number of piperidine rings is 1. The summed E-state index contributed by atoms with van der Waals surface area (Å²) in [5.41, 5.74) is 6.00. The fraction of sp³-hybridized carbons (Fsp3) is 0.438. The van der Waals surface area contributed by atoms with Crippen LogP contribution in [0, 0.1) is 23.6 Å². The van der Waals surface area contributed by atoms with Gasteiger partial charge in [-0.05, 0) is 30.5 Å². The molecule has 1 aromatic rings. The Morgan fingerprint density at radius 1 is 1.57 bits per heavy atom. The number of likely N-dealkylation sites (tertiary alicyclic amines) is 1. The number of hydrogen-bond donors (Lipinski definition) is 2. The smallest absolute Gasteiger partial charge is 0.255 e. The molecule has 5 heteroatoms. The maximum absolute atomic E-state index is 13.3. The van der Waals surface area contributed by atoms with Crippen LogP contribution < -0.4 is 5.73 Å². The first-order valence-electron chi connectivity index (χ1n) is 6.98. The Morgan fingerprint density at radius 2 is 2.33 bits per heavy atom. The van der Waals surface area contributed by atoms with Gasteiger partial charge in [0, 0.05) is 18.7 Å². The molecular weight excluding hydrogens is 271 g/mol. The number of nitrogens with zero attached hydrogens (tertiary/aromatic N) is 1. The number of aliphatic hydroxyl groups excluding tert-OH is 1. The third kappa shape index (κ3) is 3.60. The highest BCUT2D eigenvalue weighted by atomic mass is 19.1. The van der Waals surface area contributed by atoms with Gasteiger partial charge in [-0.25, -0.2) is 4.39 Å². The Balaban J connectivity index is 2.26. The van der Waals surface area contributed by atoms with E-state index >= 15 is 0 Å². The van der Waals surface area contributed by atoms with Crippen LogP contribution in [0.2, 0.25) is 0 Å². The van der Waals surface area contributed by atoms with Crippen molar-refractivity contribution < 1.29 is 14.3 Å². The monoisotopic (exact) mass is 290 g/mol. The number of hydrogen-bond acceptors (Lipinski definition) is 3. The summed E-state index contributed by atoms with van der Waals surface area (Å²) < 4.78 is 13.3. The van der Waals surface area contributed by atoms with Gasteiger partial charge in [-0.2, -0.15) is 0 Å². The van der Waals surface area contributed by atoms with E-state index in [0.717, 1.165) is 6.42 Å². The molecule has 0 radical (unpaired) electrons. The third-order valence-corrected chi connectivity index (χ3v) is 3.74. The summed E-state index contributed by atoms with van der Waals surface area (Å²) in [5.74, 6) is 4.87. The van der Waals surface area contributed by atoms with E-state index in [1.807, 2.05) is 6.92 Å². The molecule has 0 saturated carbocycles. The molecular formula is C16H19FN2O2. The molecule has 1 fully saturated rings. The predicted molar refractivity (Wildman–Crippen MR) is 78.0 cm³/mol. The fourth-order valence-electron chi connectivity index (χ4n) is 2.36. The van der Waals surface area contributed by atoms with Crippen molar-refractivity contribution in [3.63, 3.8) is 0 Å². The van der Waals surface area contributed by atoms with E-state index in [1.165, 1.54) is 18.2 Å².